The van der Waals surface area contributed by atoms with Crippen LogP contribution in [0.4, 0.5) is 0 Å². The molecular formula is C18H26O3. The zero-order chi connectivity index (χ0) is 15.8. The quantitative estimate of drug-likeness (QED) is 0.842. The Morgan fingerprint density at radius 3 is 2.10 bits per heavy atom. The summed E-state index contributed by atoms with van der Waals surface area (Å²) in [6, 6.07) is 4.30. The Morgan fingerprint density at radius 1 is 1.19 bits per heavy atom. The number of aliphatic carboxylic acids is 1. The first-order valence-corrected chi connectivity index (χ1v) is 7.75. The second-order valence-corrected chi connectivity index (χ2v) is 6.81. The van der Waals surface area contributed by atoms with Gasteiger partial charge in [0.1, 0.15) is 5.75 Å². The maximum atomic E-state index is 11.3. The lowest BCUT2D eigenvalue weighted by atomic mass is 9.81. The van der Waals surface area contributed by atoms with E-state index in [9.17, 15) is 9.90 Å². The first-order chi connectivity index (χ1) is 9.82. The van der Waals surface area contributed by atoms with Crippen molar-refractivity contribution in [2.24, 2.45) is 0 Å². The molecule has 1 aromatic carbocycles. The molecule has 2 rings (SSSR count). The lowest BCUT2D eigenvalue weighted by Crippen LogP contribution is -2.18. The van der Waals surface area contributed by atoms with Gasteiger partial charge in [-0.1, -0.05) is 39.8 Å². The van der Waals surface area contributed by atoms with Gasteiger partial charge in [-0.15, -0.1) is 0 Å². The molecule has 3 heteroatoms. The zero-order valence-corrected chi connectivity index (χ0v) is 13.7. The van der Waals surface area contributed by atoms with Crippen molar-refractivity contribution >= 4 is 5.97 Å². The van der Waals surface area contributed by atoms with Crippen LogP contribution in [0.3, 0.4) is 0 Å². The van der Waals surface area contributed by atoms with Crippen molar-refractivity contribution in [1.82, 2.24) is 0 Å². The van der Waals surface area contributed by atoms with Gasteiger partial charge in [0.05, 0.1) is 13.5 Å². The fourth-order valence-electron chi connectivity index (χ4n) is 3.27. The third-order valence-corrected chi connectivity index (χ3v) is 4.54. The van der Waals surface area contributed by atoms with E-state index in [2.05, 4.69) is 39.8 Å². The van der Waals surface area contributed by atoms with Gasteiger partial charge >= 0.3 is 5.97 Å². The first kappa shape index (κ1) is 15.9. The number of rotatable bonds is 6. The van der Waals surface area contributed by atoms with Crippen molar-refractivity contribution in [2.75, 3.05) is 7.11 Å². The summed E-state index contributed by atoms with van der Waals surface area (Å²) < 4.78 is 5.74. The Hall–Kier alpha value is -1.51. The number of ether oxygens (including phenoxy) is 1. The summed E-state index contributed by atoms with van der Waals surface area (Å²) in [5.74, 6) is 0.913. The summed E-state index contributed by atoms with van der Waals surface area (Å²) in [5, 5.41) is 9.28. The molecule has 0 amide bonds. The summed E-state index contributed by atoms with van der Waals surface area (Å²) in [6.07, 6.45) is 2.08. The van der Waals surface area contributed by atoms with Crippen LogP contribution in [0, 0.1) is 0 Å². The van der Waals surface area contributed by atoms with E-state index >= 15 is 0 Å². The van der Waals surface area contributed by atoms with E-state index in [1.807, 2.05) is 0 Å². The minimum atomic E-state index is -0.723. The van der Waals surface area contributed by atoms with Crippen molar-refractivity contribution in [2.45, 2.75) is 64.2 Å². The molecule has 0 bridgehead atoms. The molecular weight excluding hydrogens is 264 g/mol. The van der Waals surface area contributed by atoms with Crippen molar-refractivity contribution in [3.05, 3.63) is 28.8 Å². The molecule has 1 aromatic rings. The summed E-state index contributed by atoms with van der Waals surface area (Å²) >= 11 is 0. The standard InChI is InChI=1S/C18H26O3/c1-11(2)13-6-7-14(12(3)4)17(21-5)16(13)18(8-9-18)10-15(19)20/h6-7,11-12H,8-10H2,1-5H3,(H,19,20). The predicted octanol–water partition coefficient (Wildman–Crippen LogP) is 4.45. The van der Waals surface area contributed by atoms with Crippen LogP contribution in [0.1, 0.15) is 75.5 Å². The summed E-state index contributed by atoms with van der Waals surface area (Å²) in [6.45, 7) is 8.61. The second-order valence-electron chi connectivity index (χ2n) is 6.81. The Bertz CT molecular complexity index is 540. The van der Waals surface area contributed by atoms with Crippen LogP contribution in [0.15, 0.2) is 12.1 Å². The van der Waals surface area contributed by atoms with Gasteiger partial charge in [0, 0.05) is 11.0 Å². The normalized spacial score (nSPS) is 16.3. The Kier molecular flexibility index (Phi) is 4.31. The maximum Gasteiger partial charge on any atom is 0.304 e. The Morgan fingerprint density at radius 2 is 1.71 bits per heavy atom. The highest BCUT2D eigenvalue weighted by Gasteiger charge is 2.49. The van der Waals surface area contributed by atoms with Crippen LogP contribution < -0.4 is 4.74 Å². The molecule has 3 nitrogen and oxygen atoms in total. The van der Waals surface area contributed by atoms with Gasteiger partial charge in [-0.25, -0.2) is 0 Å². The molecule has 1 saturated carbocycles. The molecule has 21 heavy (non-hydrogen) atoms. The SMILES string of the molecule is COc1c(C(C)C)ccc(C(C)C)c1C1(CC(=O)O)CC1. The third kappa shape index (κ3) is 2.92. The highest BCUT2D eigenvalue weighted by Crippen LogP contribution is 2.57. The Labute approximate surface area is 127 Å². The smallest absolute Gasteiger partial charge is 0.304 e. The van der Waals surface area contributed by atoms with Gasteiger partial charge in [-0.05, 0) is 35.8 Å². The fraction of sp³-hybridized carbons (Fsp3) is 0.611. The highest BCUT2D eigenvalue weighted by atomic mass is 16.5. The molecule has 0 spiro atoms. The van der Waals surface area contributed by atoms with E-state index in [-0.39, 0.29) is 11.8 Å². The van der Waals surface area contributed by atoms with E-state index < -0.39 is 5.97 Å². The van der Waals surface area contributed by atoms with Gasteiger partial charge in [0.15, 0.2) is 0 Å². The van der Waals surface area contributed by atoms with E-state index in [0.29, 0.717) is 11.8 Å². The van der Waals surface area contributed by atoms with E-state index in [0.717, 1.165) is 24.2 Å². The summed E-state index contributed by atoms with van der Waals surface area (Å²) in [4.78, 5) is 11.3. The highest BCUT2D eigenvalue weighted by molar-refractivity contribution is 5.71. The van der Waals surface area contributed by atoms with Crippen LogP contribution in [0.5, 0.6) is 5.75 Å². The topological polar surface area (TPSA) is 46.5 Å². The van der Waals surface area contributed by atoms with Crippen molar-refractivity contribution in [1.29, 1.82) is 0 Å². The minimum Gasteiger partial charge on any atom is -0.496 e. The molecule has 1 N–H and O–H groups in total. The molecule has 0 saturated heterocycles. The predicted molar refractivity (Wildman–Crippen MR) is 84.3 cm³/mol. The molecule has 0 atom stereocenters. The van der Waals surface area contributed by atoms with Gasteiger partial charge in [0.2, 0.25) is 0 Å². The van der Waals surface area contributed by atoms with Crippen molar-refractivity contribution in [3.8, 4) is 5.75 Å². The number of hydrogen-bond donors (Lipinski definition) is 1. The summed E-state index contributed by atoms with van der Waals surface area (Å²) in [7, 11) is 1.70. The number of benzene rings is 1. The lowest BCUT2D eigenvalue weighted by molar-refractivity contribution is -0.137. The van der Waals surface area contributed by atoms with E-state index in [4.69, 9.17) is 4.74 Å². The monoisotopic (exact) mass is 290 g/mol. The average Bonchev–Trinajstić information content (AvgIpc) is 3.16. The molecule has 0 radical (unpaired) electrons. The fourth-order valence-corrected chi connectivity index (χ4v) is 3.27. The largest absolute Gasteiger partial charge is 0.496 e. The van der Waals surface area contributed by atoms with E-state index in [1.54, 1.807) is 7.11 Å². The zero-order valence-electron chi connectivity index (χ0n) is 13.7. The van der Waals surface area contributed by atoms with Crippen LogP contribution in [0.25, 0.3) is 0 Å². The number of hydrogen-bond acceptors (Lipinski definition) is 2. The van der Waals surface area contributed by atoms with Crippen LogP contribution >= 0.6 is 0 Å². The second kappa shape index (κ2) is 5.70. The van der Waals surface area contributed by atoms with Crippen LogP contribution in [-0.4, -0.2) is 18.2 Å². The molecule has 1 fully saturated rings. The molecule has 0 heterocycles. The molecule has 0 unspecified atom stereocenters. The van der Waals surface area contributed by atoms with Crippen molar-refractivity contribution in [3.63, 3.8) is 0 Å². The summed E-state index contributed by atoms with van der Waals surface area (Å²) in [5.41, 5.74) is 3.33. The number of carboxylic acids is 1. The number of carboxylic acid groups (broad SMARTS) is 1. The molecule has 0 aliphatic heterocycles. The lowest BCUT2D eigenvalue weighted by Gasteiger charge is -2.26. The third-order valence-electron chi connectivity index (χ3n) is 4.54. The first-order valence-electron chi connectivity index (χ1n) is 7.75. The van der Waals surface area contributed by atoms with Crippen LogP contribution in [0.2, 0.25) is 0 Å². The molecule has 1 aliphatic rings. The number of methoxy groups -OCH3 is 1. The molecule has 0 aromatic heterocycles. The van der Waals surface area contributed by atoms with Gasteiger partial charge < -0.3 is 9.84 Å². The average molecular weight is 290 g/mol. The van der Waals surface area contributed by atoms with Crippen LogP contribution in [-0.2, 0) is 10.2 Å². The van der Waals surface area contributed by atoms with Crippen molar-refractivity contribution < 1.29 is 14.6 Å². The van der Waals surface area contributed by atoms with Gasteiger partial charge in [-0.3, -0.25) is 4.79 Å². The van der Waals surface area contributed by atoms with Gasteiger partial charge in [-0.2, -0.15) is 0 Å². The molecule has 1 aliphatic carbocycles. The maximum absolute atomic E-state index is 11.3. The molecule has 116 valence electrons. The van der Waals surface area contributed by atoms with E-state index in [1.165, 1.54) is 11.1 Å². The number of carbonyl (C=O) groups is 1. The minimum absolute atomic E-state index is 0.199. The Balaban J connectivity index is 2.65. The van der Waals surface area contributed by atoms with Gasteiger partial charge in [0.25, 0.3) is 0 Å².